The summed E-state index contributed by atoms with van der Waals surface area (Å²) >= 11 is 0. The van der Waals surface area contributed by atoms with E-state index in [0.717, 1.165) is 13.0 Å². The lowest BCUT2D eigenvalue weighted by molar-refractivity contribution is 0.443. The van der Waals surface area contributed by atoms with Gasteiger partial charge in [-0.25, -0.2) is 0 Å². The second kappa shape index (κ2) is 4.29. The predicted octanol–water partition coefficient (Wildman–Crippen LogP) is 2.89. The summed E-state index contributed by atoms with van der Waals surface area (Å²) in [6, 6.07) is 0. The quantitative estimate of drug-likeness (QED) is 0.665. The molecule has 0 unspecified atom stereocenters. The Bertz CT molecular complexity index is 182. The van der Waals surface area contributed by atoms with Crippen LogP contribution in [0.3, 0.4) is 0 Å². The number of allylic oxidation sites excluding steroid dienone is 1. The first-order valence-electron chi connectivity index (χ1n) is 4.47. The van der Waals surface area contributed by atoms with Gasteiger partial charge in [0, 0.05) is 0 Å². The smallest absolute Gasteiger partial charge is 0.00398 e. The highest BCUT2D eigenvalue weighted by molar-refractivity contribution is 5.85. The van der Waals surface area contributed by atoms with Gasteiger partial charge in [-0.3, -0.25) is 0 Å². The van der Waals surface area contributed by atoms with Crippen molar-refractivity contribution in [2.45, 2.75) is 40.0 Å². The SMILES string of the molecule is CC1=C(CCN)CCC1(C)C.Cl. The van der Waals surface area contributed by atoms with Crippen molar-refractivity contribution in [3.8, 4) is 0 Å². The molecular weight excluding hydrogens is 170 g/mol. The Hall–Kier alpha value is -0.0100. The van der Waals surface area contributed by atoms with E-state index in [0.29, 0.717) is 5.41 Å². The molecule has 0 amide bonds. The van der Waals surface area contributed by atoms with E-state index in [1.165, 1.54) is 12.8 Å². The maximum absolute atomic E-state index is 5.52. The second-order valence-electron chi connectivity index (χ2n) is 4.15. The van der Waals surface area contributed by atoms with Crippen molar-refractivity contribution >= 4 is 12.4 Å². The fourth-order valence-corrected chi connectivity index (χ4v) is 1.80. The standard InChI is InChI=1S/C10H19N.ClH/c1-8-9(5-7-11)4-6-10(8,2)3;/h4-7,11H2,1-3H3;1H. The topological polar surface area (TPSA) is 26.0 Å². The molecule has 1 rings (SSSR count). The molecule has 1 aliphatic rings. The van der Waals surface area contributed by atoms with Crippen molar-refractivity contribution in [3.63, 3.8) is 0 Å². The summed E-state index contributed by atoms with van der Waals surface area (Å²) in [6.07, 6.45) is 3.69. The molecule has 2 heteroatoms. The van der Waals surface area contributed by atoms with E-state index in [1.807, 2.05) is 0 Å². The van der Waals surface area contributed by atoms with Crippen LogP contribution in [-0.4, -0.2) is 6.54 Å². The average Bonchev–Trinajstić information content (AvgIpc) is 2.17. The molecule has 0 aromatic carbocycles. The summed E-state index contributed by atoms with van der Waals surface area (Å²) in [5.41, 5.74) is 9.17. The molecule has 0 fully saturated rings. The zero-order chi connectivity index (χ0) is 8.48. The number of hydrogen-bond acceptors (Lipinski definition) is 1. The van der Waals surface area contributed by atoms with Gasteiger partial charge >= 0.3 is 0 Å². The molecule has 0 bridgehead atoms. The molecule has 0 spiro atoms. The molecule has 12 heavy (non-hydrogen) atoms. The van der Waals surface area contributed by atoms with E-state index in [2.05, 4.69) is 20.8 Å². The Morgan fingerprint density at radius 3 is 2.33 bits per heavy atom. The first kappa shape index (κ1) is 12.0. The van der Waals surface area contributed by atoms with Crippen molar-refractivity contribution in [2.24, 2.45) is 11.1 Å². The second-order valence-corrected chi connectivity index (χ2v) is 4.15. The van der Waals surface area contributed by atoms with Gasteiger partial charge in [-0.15, -0.1) is 12.4 Å². The highest BCUT2D eigenvalue weighted by Crippen LogP contribution is 2.42. The first-order chi connectivity index (χ1) is 5.08. The Kier molecular flexibility index (Phi) is 4.29. The van der Waals surface area contributed by atoms with Crippen LogP contribution < -0.4 is 5.73 Å². The molecule has 0 aromatic rings. The molecule has 0 heterocycles. The summed E-state index contributed by atoms with van der Waals surface area (Å²) in [7, 11) is 0. The van der Waals surface area contributed by atoms with Gasteiger partial charge in [0.1, 0.15) is 0 Å². The summed E-state index contributed by atoms with van der Waals surface area (Å²) < 4.78 is 0. The largest absolute Gasteiger partial charge is 0.330 e. The fourth-order valence-electron chi connectivity index (χ4n) is 1.80. The summed E-state index contributed by atoms with van der Waals surface area (Å²) in [5, 5.41) is 0. The van der Waals surface area contributed by atoms with Gasteiger partial charge in [0.05, 0.1) is 0 Å². The third kappa shape index (κ3) is 2.24. The van der Waals surface area contributed by atoms with Gasteiger partial charge in [0.2, 0.25) is 0 Å². The Balaban J connectivity index is 0.00000121. The number of hydrogen-bond donors (Lipinski definition) is 1. The lowest BCUT2D eigenvalue weighted by Gasteiger charge is -2.19. The number of rotatable bonds is 2. The van der Waals surface area contributed by atoms with Crippen LogP contribution >= 0.6 is 12.4 Å². The zero-order valence-corrected chi connectivity index (χ0v) is 9.13. The van der Waals surface area contributed by atoms with Gasteiger partial charge in [0.25, 0.3) is 0 Å². The maximum atomic E-state index is 5.52. The van der Waals surface area contributed by atoms with Gasteiger partial charge in [-0.1, -0.05) is 25.0 Å². The van der Waals surface area contributed by atoms with E-state index in [-0.39, 0.29) is 12.4 Å². The van der Waals surface area contributed by atoms with E-state index in [1.54, 1.807) is 11.1 Å². The Labute approximate surface area is 81.8 Å². The molecule has 1 nitrogen and oxygen atoms in total. The van der Waals surface area contributed by atoms with Gasteiger partial charge in [0.15, 0.2) is 0 Å². The van der Waals surface area contributed by atoms with Crippen LogP contribution in [0.2, 0.25) is 0 Å². The summed E-state index contributed by atoms with van der Waals surface area (Å²) in [6.45, 7) is 7.72. The molecular formula is C10H20ClN. The molecule has 0 aromatic heterocycles. The monoisotopic (exact) mass is 189 g/mol. The van der Waals surface area contributed by atoms with Crippen LogP contribution in [0.25, 0.3) is 0 Å². The third-order valence-electron chi connectivity index (χ3n) is 3.04. The van der Waals surface area contributed by atoms with E-state index < -0.39 is 0 Å². The highest BCUT2D eigenvalue weighted by Gasteiger charge is 2.28. The molecule has 0 atom stereocenters. The molecule has 1 aliphatic carbocycles. The van der Waals surface area contributed by atoms with Crippen molar-refractivity contribution in [2.75, 3.05) is 6.54 Å². The van der Waals surface area contributed by atoms with Crippen molar-refractivity contribution in [1.29, 1.82) is 0 Å². The Morgan fingerprint density at radius 2 is 2.00 bits per heavy atom. The minimum absolute atomic E-state index is 0. The zero-order valence-electron chi connectivity index (χ0n) is 8.31. The van der Waals surface area contributed by atoms with E-state index in [9.17, 15) is 0 Å². The highest BCUT2D eigenvalue weighted by atomic mass is 35.5. The number of halogens is 1. The first-order valence-corrected chi connectivity index (χ1v) is 4.47. The van der Waals surface area contributed by atoms with Crippen molar-refractivity contribution in [3.05, 3.63) is 11.1 Å². The minimum Gasteiger partial charge on any atom is -0.330 e. The normalized spacial score (nSPS) is 21.0. The van der Waals surface area contributed by atoms with Crippen LogP contribution in [0, 0.1) is 5.41 Å². The molecule has 0 radical (unpaired) electrons. The molecule has 72 valence electrons. The van der Waals surface area contributed by atoms with Crippen molar-refractivity contribution < 1.29 is 0 Å². The molecule has 0 saturated carbocycles. The van der Waals surface area contributed by atoms with Gasteiger partial charge in [-0.2, -0.15) is 0 Å². The minimum atomic E-state index is 0. The maximum Gasteiger partial charge on any atom is -0.00398 e. The van der Waals surface area contributed by atoms with Crippen LogP contribution in [0.15, 0.2) is 11.1 Å². The molecule has 0 aliphatic heterocycles. The van der Waals surface area contributed by atoms with Gasteiger partial charge < -0.3 is 5.73 Å². The summed E-state index contributed by atoms with van der Waals surface area (Å²) in [4.78, 5) is 0. The lowest BCUT2D eigenvalue weighted by Crippen LogP contribution is -2.07. The molecule has 0 saturated heterocycles. The summed E-state index contributed by atoms with van der Waals surface area (Å²) in [5.74, 6) is 0. The van der Waals surface area contributed by atoms with Gasteiger partial charge in [-0.05, 0) is 38.1 Å². The molecule has 2 N–H and O–H groups in total. The third-order valence-corrected chi connectivity index (χ3v) is 3.04. The fraction of sp³-hybridized carbons (Fsp3) is 0.800. The van der Waals surface area contributed by atoms with E-state index in [4.69, 9.17) is 5.73 Å². The predicted molar refractivity (Wildman–Crippen MR) is 56.6 cm³/mol. The van der Waals surface area contributed by atoms with E-state index >= 15 is 0 Å². The average molecular weight is 190 g/mol. The van der Waals surface area contributed by atoms with Crippen LogP contribution in [0.4, 0.5) is 0 Å². The van der Waals surface area contributed by atoms with Crippen molar-refractivity contribution in [1.82, 2.24) is 0 Å². The number of nitrogens with two attached hydrogens (primary N) is 1. The Morgan fingerprint density at radius 1 is 1.42 bits per heavy atom. The van der Waals surface area contributed by atoms with Crippen LogP contribution in [0.5, 0.6) is 0 Å². The van der Waals surface area contributed by atoms with Crippen LogP contribution in [0.1, 0.15) is 40.0 Å². The van der Waals surface area contributed by atoms with Crippen LogP contribution in [-0.2, 0) is 0 Å². The lowest BCUT2D eigenvalue weighted by atomic mass is 9.86.